The SMILES string of the molecule is CCCc1cc(OCCOCCO)c(C(=O)O)s1. The third-order valence-corrected chi connectivity index (χ3v) is 3.32. The number of carboxylic acid groups (broad SMARTS) is 1. The largest absolute Gasteiger partial charge is 0.489 e. The quantitative estimate of drug-likeness (QED) is 0.671. The van der Waals surface area contributed by atoms with Crippen molar-refractivity contribution in [2.24, 2.45) is 0 Å². The second-order valence-corrected chi connectivity index (χ2v) is 4.78. The molecule has 1 heterocycles. The normalized spacial score (nSPS) is 10.6. The molecule has 5 nitrogen and oxygen atoms in total. The zero-order chi connectivity index (χ0) is 13.4. The molecule has 0 unspecified atom stereocenters. The maximum atomic E-state index is 11.0. The van der Waals surface area contributed by atoms with Crippen LogP contribution in [0.5, 0.6) is 5.75 Å². The Morgan fingerprint density at radius 3 is 2.78 bits per heavy atom. The Morgan fingerprint density at radius 2 is 2.17 bits per heavy atom. The van der Waals surface area contributed by atoms with Crippen LogP contribution >= 0.6 is 11.3 Å². The van der Waals surface area contributed by atoms with E-state index >= 15 is 0 Å². The molecule has 2 N–H and O–H groups in total. The van der Waals surface area contributed by atoms with Crippen molar-refractivity contribution in [1.29, 1.82) is 0 Å². The number of ether oxygens (including phenoxy) is 2. The van der Waals surface area contributed by atoms with Crippen LogP contribution in [0.1, 0.15) is 27.9 Å². The Kier molecular flexibility index (Phi) is 6.70. The molecule has 0 saturated carbocycles. The average molecular weight is 274 g/mol. The van der Waals surface area contributed by atoms with E-state index in [2.05, 4.69) is 0 Å². The summed E-state index contributed by atoms with van der Waals surface area (Å²) in [7, 11) is 0. The molecule has 0 atom stereocenters. The fourth-order valence-electron chi connectivity index (χ4n) is 1.43. The first kappa shape index (κ1) is 14.9. The summed E-state index contributed by atoms with van der Waals surface area (Å²) >= 11 is 1.26. The molecule has 102 valence electrons. The topological polar surface area (TPSA) is 76.0 Å². The Labute approximate surface area is 110 Å². The zero-order valence-electron chi connectivity index (χ0n) is 10.3. The van der Waals surface area contributed by atoms with E-state index in [1.54, 1.807) is 6.07 Å². The van der Waals surface area contributed by atoms with Gasteiger partial charge in [-0.05, 0) is 12.5 Å². The number of carbonyl (C=O) groups is 1. The van der Waals surface area contributed by atoms with Gasteiger partial charge in [-0.2, -0.15) is 0 Å². The molecule has 18 heavy (non-hydrogen) atoms. The monoisotopic (exact) mass is 274 g/mol. The van der Waals surface area contributed by atoms with Crippen LogP contribution in [0.15, 0.2) is 6.07 Å². The fraction of sp³-hybridized carbons (Fsp3) is 0.583. The molecule has 1 aromatic heterocycles. The first-order valence-electron chi connectivity index (χ1n) is 5.86. The summed E-state index contributed by atoms with van der Waals surface area (Å²) in [6, 6.07) is 1.78. The van der Waals surface area contributed by atoms with Gasteiger partial charge in [0.15, 0.2) is 4.88 Å². The van der Waals surface area contributed by atoms with Crippen LogP contribution in [0.25, 0.3) is 0 Å². The summed E-state index contributed by atoms with van der Waals surface area (Å²) < 4.78 is 10.4. The maximum absolute atomic E-state index is 11.0. The summed E-state index contributed by atoms with van der Waals surface area (Å²) in [5.41, 5.74) is 0. The van der Waals surface area contributed by atoms with E-state index in [0.29, 0.717) is 12.4 Å². The molecular formula is C12H18O5S. The van der Waals surface area contributed by atoms with Crippen LogP contribution in [0.4, 0.5) is 0 Å². The lowest BCUT2D eigenvalue weighted by molar-refractivity contribution is 0.0662. The highest BCUT2D eigenvalue weighted by Crippen LogP contribution is 2.30. The third kappa shape index (κ3) is 4.64. The Morgan fingerprint density at radius 1 is 1.39 bits per heavy atom. The van der Waals surface area contributed by atoms with E-state index in [1.165, 1.54) is 11.3 Å². The number of aliphatic hydroxyl groups is 1. The predicted molar refractivity (Wildman–Crippen MR) is 68.7 cm³/mol. The minimum absolute atomic E-state index is 0.0283. The highest BCUT2D eigenvalue weighted by Gasteiger charge is 2.16. The number of aliphatic hydroxyl groups excluding tert-OH is 1. The minimum atomic E-state index is -0.964. The van der Waals surface area contributed by atoms with Gasteiger partial charge in [0.2, 0.25) is 0 Å². The van der Waals surface area contributed by atoms with Gasteiger partial charge in [0.25, 0.3) is 0 Å². The molecule has 0 bridgehead atoms. The van der Waals surface area contributed by atoms with Crippen LogP contribution in [0.2, 0.25) is 0 Å². The van der Waals surface area contributed by atoms with Gasteiger partial charge in [-0.25, -0.2) is 4.79 Å². The molecule has 0 saturated heterocycles. The number of aryl methyl sites for hydroxylation is 1. The van der Waals surface area contributed by atoms with E-state index in [1.807, 2.05) is 6.92 Å². The molecule has 0 aliphatic heterocycles. The molecule has 0 aliphatic rings. The number of thiophene rings is 1. The molecule has 0 aromatic carbocycles. The summed E-state index contributed by atoms with van der Waals surface area (Å²) in [5.74, 6) is -0.558. The third-order valence-electron chi connectivity index (χ3n) is 2.16. The van der Waals surface area contributed by atoms with E-state index in [4.69, 9.17) is 19.7 Å². The molecule has 6 heteroatoms. The van der Waals surface area contributed by atoms with Crippen molar-refractivity contribution < 1.29 is 24.5 Å². The maximum Gasteiger partial charge on any atom is 0.349 e. The first-order chi connectivity index (χ1) is 8.69. The number of hydrogen-bond acceptors (Lipinski definition) is 5. The van der Waals surface area contributed by atoms with Gasteiger partial charge in [-0.3, -0.25) is 0 Å². The Balaban J connectivity index is 2.54. The van der Waals surface area contributed by atoms with Gasteiger partial charge in [0, 0.05) is 4.88 Å². The van der Waals surface area contributed by atoms with Gasteiger partial charge < -0.3 is 19.7 Å². The van der Waals surface area contributed by atoms with Gasteiger partial charge >= 0.3 is 5.97 Å². The van der Waals surface area contributed by atoms with Crippen molar-refractivity contribution >= 4 is 17.3 Å². The van der Waals surface area contributed by atoms with Crippen molar-refractivity contribution in [1.82, 2.24) is 0 Å². The highest BCUT2D eigenvalue weighted by atomic mass is 32.1. The molecule has 0 radical (unpaired) electrons. The standard InChI is InChI=1S/C12H18O5S/c1-2-3-9-8-10(11(18-9)12(14)15)17-7-6-16-5-4-13/h8,13H,2-7H2,1H3,(H,14,15). The lowest BCUT2D eigenvalue weighted by atomic mass is 10.3. The first-order valence-corrected chi connectivity index (χ1v) is 6.68. The van der Waals surface area contributed by atoms with Crippen LogP contribution in [0.3, 0.4) is 0 Å². The number of carboxylic acids is 1. The zero-order valence-corrected chi connectivity index (χ0v) is 11.2. The van der Waals surface area contributed by atoms with E-state index in [-0.39, 0.29) is 24.7 Å². The Hall–Kier alpha value is -1.11. The molecule has 1 aromatic rings. The summed E-state index contributed by atoms with van der Waals surface area (Å²) in [4.78, 5) is 12.3. The fourth-order valence-corrected chi connectivity index (χ4v) is 2.47. The van der Waals surface area contributed by atoms with Crippen LogP contribution in [-0.2, 0) is 11.2 Å². The molecule has 1 rings (SSSR count). The van der Waals surface area contributed by atoms with Crippen molar-refractivity contribution in [3.63, 3.8) is 0 Å². The van der Waals surface area contributed by atoms with E-state index in [9.17, 15) is 4.79 Å². The van der Waals surface area contributed by atoms with Crippen molar-refractivity contribution in [3.05, 3.63) is 15.8 Å². The predicted octanol–water partition coefficient (Wildman–Crippen LogP) is 1.79. The number of rotatable bonds is 9. The summed E-state index contributed by atoms with van der Waals surface area (Å²) in [5, 5.41) is 17.6. The molecule has 0 amide bonds. The van der Waals surface area contributed by atoms with Gasteiger partial charge in [-0.1, -0.05) is 13.3 Å². The van der Waals surface area contributed by atoms with Gasteiger partial charge in [0.1, 0.15) is 12.4 Å². The van der Waals surface area contributed by atoms with Gasteiger partial charge in [0.05, 0.1) is 19.8 Å². The van der Waals surface area contributed by atoms with E-state index in [0.717, 1.165) is 17.7 Å². The minimum Gasteiger partial charge on any atom is -0.489 e. The second-order valence-electron chi connectivity index (χ2n) is 3.65. The van der Waals surface area contributed by atoms with E-state index < -0.39 is 5.97 Å². The van der Waals surface area contributed by atoms with Crippen molar-refractivity contribution in [2.45, 2.75) is 19.8 Å². The average Bonchev–Trinajstić information content (AvgIpc) is 2.73. The molecular weight excluding hydrogens is 256 g/mol. The second kappa shape index (κ2) is 8.07. The molecule has 0 aliphatic carbocycles. The highest BCUT2D eigenvalue weighted by molar-refractivity contribution is 7.14. The van der Waals surface area contributed by atoms with Crippen LogP contribution in [-0.4, -0.2) is 42.6 Å². The smallest absolute Gasteiger partial charge is 0.349 e. The van der Waals surface area contributed by atoms with Crippen LogP contribution in [0, 0.1) is 0 Å². The molecule has 0 spiro atoms. The number of hydrogen-bond donors (Lipinski definition) is 2. The Bertz CT molecular complexity index is 375. The van der Waals surface area contributed by atoms with Gasteiger partial charge in [-0.15, -0.1) is 11.3 Å². The van der Waals surface area contributed by atoms with Crippen molar-refractivity contribution in [3.8, 4) is 5.75 Å². The van der Waals surface area contributed by atoms with Crippen LogP contribution < -0.4 is 4.74 Å². The summed E-state index contributed by atoms with van der Waals surface area (Å²) in [6.45, 7) is 2.89. The lowest BCUT2D eigenvalue weighted by Crippen LogP contribution is -2.10. The summed E-state index contributed by atoms with van der Waals surface area (Å²) in [6.07, 6.45) is 1.83. The molecule has 0 fully saturated rings. The van der Waals surface area contributed by atoms with Crippen molar-refractivity contribution in [2.75, 3.05) is 26.4 Å². The lowest BCUT2D eigenvalue weighted by Gasteiger charge is -2.05. The number of aromatic carboxylic acids is 1.